The number of sulfonamides is 1. The number of ether oxygens (including phenoxy) is 1. The molecule has 3 N–H and O–H groups in total. The fraction of sp³-hybridized carbons (Fsp3) is 0.115. The molecular formula is C26H23N3O6S. The van der Waals surface area contributed by atoms with Crippen molar-refractivity contribution in [3.63, 3.8) is 0 Å². The first kappa shape index (κ1) is 24.7. The molecule has 36 heavy (non-hydrogen) atoms. The van der Waals surface area contributed by atoms with Gasteiger partial charge in [-0.3, -0.25) is 19.3 Å². The highest BCUT2D eigenvalue weighted by molar-refractivity contribution is 7.93. The second kappa shape index (κ2) is 10.4. The summed E-state index contributed by atoms with van der Waals surface area (Å²) in [4.78, 5) is 27.7. The minimum atomic E-state index is -4.14. The normalized spacial score (nSPS) is 11.1. The van der Waals surface area contributed by atoms with Crippen LogP contribution in [0.2, 0.25) is 0 Å². The van der Waals surface area contributed by atoms with E-state index in [9.17, 15) is 18.0 Å². The maximum Gasteiger partial charge on any atom is 0.307 e. The molecule has 0 spiro atoms. The van der Waals surface area contributed by atoms with Crippen LogP contribution < -0.4 is 14.8 Å². The molecule has 0 atom stereocenters. The van der Waals surface area contributed by atoms with Crippen molar-refractivity contribution < 1.29 is 27.9 Å². The zero-order valence-corrected chi connectivity index (χ0v) is 20.1. The maximum atomic E-state index is 13.4. The Morgan fingerprint density at radius 1 is 1.00 bits per heavy atom. The topological polar surface area (TPSA) is 135 Å². The van der Waals surface area contributed by atoms with E-state index >= 15 is 0 Å². The van der Waals surface area contributed by atoms with Crippen molar-refractivity contribution in [3.05, 3.63) is 90.1 Å². The number of carboxylic acids is 1. The quantitative estimate of drug-likeness (QED) is 0.310. The predicted molar refractivity (Wildman–Crippen MR) is 135 cm³/mol. The Kier molecular flexibility index (Phi) is 7.16. The SMILES string of the molecule is CCNC(=O)c1ccc(Oc2cccc(CC(=O)O)c2)c(NS(=O)(=O)c2cccc3cccnc23)c1. The van der Waals surface area contributed by atoms with Crippen LogP contribution in [0.3, 0.4) is 0 Å². The van der Waals surface area contributed by atoms with Gasteiger partial charge in [0.05, 0.1) is 17.6 Å². The highest BCUT2D eigenvalue weighted by atomic mass is 32.2. The van der Waals surface area contributed by atoms with Gasteiger partial charge < -0.3 is 15.2 Å². The highest BCUT2D eigenvalue weighted by Gasteiger charge is 2.22. The first-order valence-electron chi connectivity index (χ1n) is 11.0. The number of nitrogens with zero attached hydrogens (tertiary/aromatic N) is 1. The third-order valence-electron chi connectivity index (χ3n) is 5.19. The predicted octanol–water partition coefficient (Wildman–Crippen LogP) is 4.20. The Morgan fingerprint density at radius 2 is 1.78 bits per heavy atom. The molecule has 1 aromatic heterocycles. The number of rotatable bonds is 9. The summed E-state index contributed by atoms with van der Waals surface area (Å²) in [5.74, 6) is -0.922. The third kappa shape index (κ3) is 5.61. The van der Waals surface area contributed by atoms with Gasteiger partial charge in [-0.2, -0.15) is 0 Å². The molecule has 4 aromatic rings. The van der Waals surface area contributed by atoms with Gasteiger partial charge in [0.25, 0.3) is 15.9 Å². The molecule has 4 rings (SSSR count). The number of aromatic nitrogens is 1. The molecule has 0 aliphatic carbocycles. The highest BCUT2D eigenvalue weighted by Crippen LogP contribution is 2.33. The van der Waals surface area contributed by atoms with Crippen LogP contribution in [0.1, 0.15) is 22.8 Å². The van der Waals surface area contributed by atoms with Gasteiger partial charge in [-0.15, -0.1) is 0 Å². The summed E-state index contributed by atoms with van der Waals surface area (Å²) in [6, 6.07) is 19.1. The average Bonchev–Trinajstić information content (AvgIpc) is 2.84. The number of aliphatic carboxylic acids is 1. The molecular weight excluding hydrogens is 482 g/mol. The first-order chi connectivity index (χ1) is 17.3. The lowest BCUT2D eigenvalue weighted by Gasteiger charge is -2.16. The molecule has 10 heteroatoms. The van der Waals surface area contributed by atoms with Crippen molar-refractivity contribution in [2.45, 2.75) is 18.2 Å². The molecule has 0 bridgehead atoms. The van der Waals surface area contributed by atoms with Crippen LogP contribution in [0.5, 0.6) is 11.5 Å². The van der Waals surface area contributed by atoms with Gasteiger partial charge in [-0.1, -0.05) is 30.3 Å². The Morgan fingerprint density at radius 3 is 2.56 bits per heavy atom. The Labute approximate surface area is 207 Å². The summed E-state index contributed by atoms with van der Waals surface area (Å²) in [6.07, 6.45) is 1.32. The zero-order chi connectivity index (χ0) is 25.7. The van der Waals surface area contributed by atoms with E-state index in [0.717, 1.165) is 0 Å². The van der Waals surface area contributed by atoms with Crippen molar-refractivity contribution in [3.8, 4) is 11.5 Å². The van der Waals surface area contributed by atoms with Crippen LogP contribution >= 0.6 is 0 Å². The van der Waals surface area contributed by atoms with E-state index in [-0.39, 0.29) is 34.2 Å². The van der Waals surface area contributed by atoms with E-state index in [2.05, 4.69) is 15.0 Å². The summed E-state index contributed by atoms with van der Waals surface area (Å²) in [6.45, 7) is 2.17. The summed E-state index contributed by atoms with van der Waals surface area (Å²) in [5.41, 5.74) is 1.09. The summed E-state index contributed by atoms with van der Waals surface area (Å²) in [7, 11) is -4.14. The zero-order valence-electron chi connectivity index (χ0n) is 19.3. The lowest BCUT2D eigenvalue weighted by molar-refractivity contribution is -0.136. The van der Waals surface area contributed by atoms with Gasteiger partial charge in [-0.25, -0.2) is 8.42 Å². The maximum absolute atomic E-state index is 13.4. The van der Waals surface area contributed by atoms with E-state index in [1.54, 1.807) is 55.5 Å². The molecule has 1 heterocycles. The first-order valence-corrected chi connectivity index (χ1v) is 12.5. The van der Waals surface area contributed by atoms with Gasteiger partial charge in [0.1, 0.15) is 10.6 Å². The van der Waals surface area contributed by atoms with Crippen molar-refractivity contribution >= 4 is 38.5 Å². The molecule has 0 saturated carbocycles. The van der Waals surface area contributed by atoms with Gasteiger partial charge in [-0.05, 0) is 55.0 Å². The number of hydrogen-bond donors (Lipinski definition) is 3. The minimum absolute atomic E-state index is 0.0292. The van der Waals surface area contributed by atoms with E-state index in [0.29, 0.717) is 28.8 Å². The Balaban J connectivity index is 1.75. The number of fused-ring (bicyclic) bond motifs is 1. The molecule has 184 valence electrons. The molecule has 0 saturated heterocycles. The van der Waals surface area contributed by atoms with Crippen molar-refractivity contribution in [1.82, 2.24) is 10.3 Å². The fourth-order valence-corrected chi connectivity index (χ4v) is 4.86. The minimum Gasteiger partial charge on any atom is -0.481 e. The van der Waals surface area contributed by atoms with Crippen molar-refractivity contribution in [2.24, 2.45) is 0 Å². The third-order valence-corrected chi connectivity index (χ3v) is 6.59. The van der Waals surface area contributed by atoms with Crippen LogP contribution in [0.4, 0.5) is 5.69 Å². The molecule has 3 aromatic carbocycles. The van der Waals surface area contributed by atoms with E-state index in [1.165, 1.54) is 30.5 Å². The monoisotopic (exact) mass is 505 g/mol. The second-order valence-electron chi connectivity index (χ2n) is 7.83. The molecule has 0 radical (unpaired) electrons. The number of nitrogens with one attached hydrogen (secondary N) is 2. The smallest absolute Gasteiger partial charge is 0.307 e. The second-order valence-corrected chi connectivity index (χ2v) is 9.48. The standard InChI is InChI=1S/C26H23N3O6S/c1-2-27-26(32)19-11-12-22(35-20-9-3-6-17(14-20)15-24(30)31)21(16-19)29-36(33,34)23-10-4-7-18-8-5-13-28-25(18)23/h3-14,16,29H,2,15H2,1H3,(H,27,32)(H,30,31). The van der Waals surface area contributed by atoms with Gasteiger partial charge >= 0.3 is 5.97 Å². The summed E-state index contributed by atoms with van der Waals surface area (Å²) < 4.78 is 35.3. The number of carbonyl (C=O) groups excluding carboxylic acids is 1. The van der Waals surface area contributed by atoms with E-state index in [1.807, 2.05) is 0 Å². The van der Waals surface area contributed by atoms with Crippen molar-refractivity contribution in [1.29, 1.82) is 0 Å². The lowest BCUT2D eigenvalue weighted by atomic mass is 10.1. The van der Waals surface area contributed by atoms with Crippen molar-refractivity contribution in [2.75, 3.05) is 11.3 Å². The van der Waals surface area contributed by atoms with Gasteiger partial charge in [0.2, 0.25) is 0 Å². The molecule has 0 unspecified atom stereocenters. The average molecular weight is 506 g/mol. The van der Waals surface area contributed by atoms with Crippen LogP contribution in [-0.4, -0.2) is 36.9 Å². The van der Waals surface area contributed by atoms with Crippen LogP contribution in [0.15, 0.2) is 83.9 Å². The number of anilines is 1. The fourth-order valence-electron chi connectivity index (χ4n) is 3.62. The van der Waals surface area contributed by atoms with Gasteiger partial charge in [0, 0.05) is 23.7 Å². The number of pyridine rings is 1. The van der Waals surface area contributed by atoms with Crippen LogP contribution in [0, 0.1) is 0 Å². The number of hydrogen-bond acceptors (Lipinski definition) is 6. The Hall–Kier alpha value is -4.44. The van der Waals surface area contributed by atoms with Crippen LogP contribution in [-0.2, 0) is 21.2 Å². The van der Waals surface area contributed by atoms with Crippen LogP contribution in [0.25, 0.3) is 10.9 Å². The lowest BCUT2D eigenvalue weighted by Crippen LogP contribution is -2.23. The number of para-hydroxylation sites is 1. The molecule has 0 aliphatic heterocycles. The molecule has 1 amide bonds. The number of amides is 1. The molecule has 0 fully saturated rings. The van der Waals surface area contributed by atoms with Gasteiger partial charge in [0.15, 0.2) is 5.75 Å². The number of carbonyl (C=O) groups is 2. The number of benzene rings is 3. The largest absolute Gasteiger partial charge is 0.481 e. The van der Waals surface area contributed by atoms with E-state index < -0.39 is 16.0 Å². The summed E-state index contributed by atoms with van der Waals surface area (Å²) >= 11 is 0. The summed E-state index contributed by atoms with van der Waals surface area (Å²) in [5, 5.41) is 12.4. The molecule has 0 aliphatic rings. The number of carboxylic acid groups (broad SMARTS) is 1. The Bertz CT molecular complexity index is 1550. The van der Waals surface area contributed by atoms with E-state index in [4.69, 9.17) is 9.84 Å². The molecule has 9 nitrogen and oxygen atoms in total.